The van der Waals surface area contributed by atoms with E-state index in [0.717, 1.165) is 37.6 Å². The monoisotopic (exact) mass is 413 g/mol. The fourth-order valence-corrected chi connectivity index (χ4v) is 4.45. The summed E-state index contributed by atoms with van der Waals surface area (Å²) < 4.78 is 3.90. The molecule has 9 nitrogen and oxygen atoms in total. The molecule has 2 aliphatic heterocycles. The van der Waals surface area contributed by atoms with Crippen molar-refractivity contribution in [3.63, 3.8) is 0 Å². The molecule has 0 aromatic carbocycles. The Hall–Kier alpha value is -2.71. The van der Waals surface area contributed by atoms with Crippen molar-refractivity contribution in [3.05, 3.63) is 29.6 Å². The molecular weight excluding hydrogens is 382 g/mol. The predicted octanol–water partition coefficient (Wildman–Crippen LogP) is 1.90. The molecule has 0 spiro atoms. The maximum Gasteiger partial charge on any atom is 0.272 e. The van der Waals surface area contributed by atoms with Crippen molar-refractivity contribution < 1.29 is 9.59 Å². The highest BCUT2D eigenvalue weighted by Crippen LogP contribution is 2.29. The third-order valence-electron chi connectivity index (χ3n) is 6.10. The Kier molecular flexibility index (Phi) is 5.87. The van der Waals surface area contributed by atoms with Crippen LogP contribution in [0.25, 0.3) is 0 Å². The van der Waals surface area contributed by atoms with Gasteiger partial charge >= 0.3 is 0 Å². The zero-order valence-electron chi connectivity index (χ0n) is 18.1. The predicted molar refractivity (Wildman–Crippen MR) is 111 cm³/mol. The van der Waals surface area contributed by atoms with Crippen LogP contribution in [-0.4, -0.2) is 65.8 Å². The Morgan fingerprint density at radius 1 is 1.10 bits per heavy atom. The SMILES string of the molecule is CCn1nccc1C(=O)N1CCn2c(nnc2C2CCN(C(=O)CC(C)C)CC2)C1. The smallest absolute Gasteiger partial charge is 0.272 e. The topological polar surface area (TPSA) is 89.2 Å². The maximum atomic E-state index is 12.9. The summed E-state index contributed by atoms with van der Waals surface area (Å²) >= 11 is 0. The van der Waals surface area contributed by atoms with Crippen LogP contribution in [0.4, 0.5) is 0 Å². The molecule has 30 heavy (non-hydrogen) atoms. The molecule has 0 N–H and O–H groups in total. The van der Waals surface area contributed by atoms with E-state index >= 15 is 0 Å². The quantitative estimate of drug-likeness (QED) is 0.747. The number of fused-ring (bicyclic) bond motifs is 1. The van der Waals surface area contributed by atoms with Crippen molar-refractivity contribution in [2.75, 3.05) is 19.6 Å². The molecule has 9 heteroatoms. The highest BCUT2D eigenvalue weighted by Gasteiger charge is 2.31. The van der Waals surface area contributed by atoms with E-state index in [0.29, 0.717) is 50.1 Å². The molecule has 2 aromatic heterocycles. The van der Waals surface area contributed by atoms with Gasteiger partial charge in [-0.1, -0.05) is 13.8 Å². The number of piperidine rings is 1. The molecule has 0 saturated carbocycles. The summed E-state index contributed by atoms with van der Waals surface area (Å²) in [7, 11) is 0. The highest BCUT2D eigenvalue weighted by atomic mass is 16.2. The van der Waals surface area contributed by atoms with Gasteiger partial charge in [-0.25, -0.2) is 0 Å². The summed E-state index contributed by atoms with van der Waals surface area (Å²) in [5, 5.41) is 13.1. The van der Waals surface area contributed by atoms with Gasteiger partial charge < -0.3 is 14.4 Å². The molecule has 0 atom stereocenters. The van der Waals surface area contributed by atoms with Gasteiger partial charge in [-0.2, -0.15) is 5.10 Å². The average Bonchev–Trinajstić information content (AvgIpc) is 3.39. The average molecular weight is 414 g/mol. The number of nitrogens with zero attached hydrogens (tertiary/aromatic N) is 7. The third-order valence-corrected chi connectivity index (χ3v) is 6.10. The van der Waals surface area contributed by atoms with Gasteiger partial charge in [0.05, 0.1) is 6.54 Å². The molecule has 1 saturated heterocycles. The first-order valence-corrected chi connectivity index (χ1v) is 11.0. The van der Waals surface area contributed by atoms with E-state index in [1.807, 2.05) is 16.7 Å². The van der Waals surface area contributed by atoms with Crippen molar-refractivity contribution in [2.45, 2.75) is 65.6 Å². The minimum Gasteiger partial charge on any atom is -0.343 e. The lowest BCUT2D eigenvalue weighted by molar-refractivity contribution is -0.133. The van der Waals surface area contributed by atoms with E-state index in [4.69, 9.17) is 0 Å². The van der Waals surface area contributed by atoms with Gasteiger partial charge in [-0.15, -0.1) is 10.2 Å². The van der Waals surface area contributed by atoms with Crippen LogP contribution in [0.3, 0.4) is 0 Å². The fourth-order valence-electron chi connectivity index (χ4n) is 4.45. The van der Waals surface area contributed by atoms with Crippen molar-refractivity contribution in [1.82, 2.24) is 34.3 Å². The van der Waals surface area contributed by atoms with Crippen LogP contribution in [0.15, 0.2) is 12.3 Å². The van der Waals surface area contributed by atoms with Gasteiger partial charge in [-0.05, 0) is 31.7 Å². The Morgan fingerprint density at radius 3 is 2.57 bits per heavy atom. The lowest BCUT2D eigenvalue weighted by Crippen LogP contribution is -2.41. The van der Waals surface area contributed by atoms with Gasteiger partial charge in [0, 0.05) is 51.3 Å². The van der Waals surface area contributed by atoms with E-state index in [-0.39, 0.29) is 11.8 Å². The van der Waals surface area contributed by atoms with Crippen molar-refractivity contribution >= 4 is 11.8 Å². The van der Waals surface area contributed by atoms with E-state index in [2.05, 4.69) is 33.7 Å². The fraction of sp³-hybridized carbons (Fsp3) is 0.667. The van der Waals surface area contributed by atoms with Crippen LogP contribution in [0.2, 0.25) is 0 Å². The molecule has 162 valence electrons. The van der Waals surface area contributed by atoms with Gasteiger partial charge in [-0.3, -0.25) is 14.3 Å². The molecule has 2 aromatic rings. The van der Waals surface area contributed by atoms with E-state index in [1.54, 1.807) is 16.9 Å². The van der Waals surface area contributed by atoms with E-state index < -0.39 is 0 Å². The zero-order valence-corrected chi connectivity index (χ0v) is 18.1. The maximum absolute atomic E-state index is 12.9. The molecule has 0 bridgehead atoms. The van der Waals surface area contributed by atoms with Crippen LogP contribution in [0.1, 0.15) is 68.1 Å². The van der Waals surface area contributed by atoms with Gasteiger partial charge in [0.2, 0.25) is 5.91 Å². The first-order chi connectivity index (χ1) is 14.5. The van der Waals surface area contributed by atoms with Crippen LogP contribution in [-0.2, 0) is 24.4 Å². The number of carbonyl (C=O) groups excluding carboxylic acids is 2. The first-order valence-electron chi connectivity index (χ1n) is 11.0. The lowest BCUT2D eigenvalue weighted by Gasteiger charge is -2.33. The van der Waals surface area contributed by atoms with Crippen molar-refractivity contribution in [2.24, 2.45) is 5.92 Å². The number of carbonyl (C=O) groups is 2. The Labute approximate surface area is 177 Å². The van der Waals surface area contributed by atoms with E-state index in [9.17, 15) is 9.59 Å². The third kappa shape index (κ3) is 3.97. The van der Waals surface area contributed by atoms with Gasteiger partial charge in [0.1, 0.15) is 11.5 Å². The van der Waals surface area contributed by atoms with Crippen LogP contribution in [0.5, 0.6) is 0 Å². The summed E-state index contributed by atoms with van der Waals surface area (Å²) in [6, 6.07) is 1.77. The molecule has 0 unspecified atom stereocenters. The second kappa shape index (κ2) is 8.57. The van der Waals surface area contributed by atoms with Crippen LogP contribution < -0.4 is 0 Å². The lowest BCUT2D eigenvalue weighted by atomic mass is 9.95. The Bertz CT molecular complexity index is 908. The number of likely N-dealkylation sites (tertiary alicyclic amines) is 1. The van der Waals surface area contributed by atoms with Gasteiger partial charge in [0.25, 0.3) is 5.91 Å². The van der Waals surface area contributed by atoms with Crippen LogP contribution >= 0.6 is 0 Å². The number of hydrogen-bond donors (Lipinski definition) is 0. The number of rotatable bonds is 5. The summed E-state index contributed by atoms with van der Waals surface area (Å²) in [4.78, 5) is 29.0. The molecule has 2 aliphatic rings. The molecule has 0 aliphatic carbocycles. The minimum absolute atomic E-state index is 0.0119. The first kappa shape index (κ1) is 20.6. The van der Waals surface area contributed by atoms with Crippen molar-refractivity contribution in [3.8, 4) is 0 Å². The number of aryl methyl sites for hydroxylation is 1. The second-order valence-electron chi connectivity index (χ2n) is 8.64. The molecule has 2 amide bonds. The number of aromatic nitrogens is 5. The standard InChI is InChI=1S/C21H31N7O2/c1-4-28-17(5-8-22-28)21(30)26-11-12-27-18(14-26)23-24-20(27)16-6-9-25(10-7-16)19(29)13-15(2)3/h5,8,15-16H,4,6-7,9-14H2,1-3H3. The normalized spacial score (nSPS) is 17.5. The van der Waals surface area contributed by atoms with E-state index in [1.165, 1.54) is 0 Å². The van der Waals surface area contributed by atoms with Crippen molar-refractivity contribution in [1.29, 1.82) is 0 Å². The van der Waals surface area contributed by atoms with Gasteiger partial charge in [0.15, 0.2) is 5.82 Å². The highest BCUT2D eigenvalue weighted by molar-refractivity contribution is 5.92. The minimum atomic E-state index is -0.0119. The summed E-state index contributed by atoms with van der Waals surface area (Å²) in [6.07, 6.45) is 4.12. The number of amides is 2. The second-order valence-corrected chi connectivity index (χ2v) is 8.64. The zero-order chi connectivity index (χ0) is 21.3. The summed E-state index contributed by atoms with van der Waals surface area (Å²) in [5.74, 6) is 2.80. The number of hydrogen-bond acceptors (Lipinski definition) is 5. The molecule has 4 heterocycles. The Morgan fingerprint density at radius 2 is 1.87 bits per heavy atom. The van der Waals surface area contributed by atoms with Crippen LogP contribution in [0, 0.1) is 5.92 Å². The Balaban J connectivity index is 1.40. The molecule has 4 rings (SSSR count). The molecule has 0 radical (unpaired) electrons. The summed E-state index contributed by atoms with van der Waals surface area (Å²) in [5.41, 5.74) is 0.615. The largest absolute Gasteiger partial charge is 0.343 e. The summed E-state index contributed by atoms with van der Waals surface area (Å²) in [6.45, 7) is 10.2. The molecular formula is C21H31N7O2. The molecule has 1 fully saturated rings.